The molecule has 148 valence electrons. The van der Waals surface area contributed by atoms with Crippen LogP contribution in [-0.4, -0.2) is 30.9 Å². The Morgan fingerprint density at radius 1 is 0.893 bits per heavy atom. The molecule has 0 bridgehead atoms. The second-order valence-corrected chi connectivity index (χ2v) is 6.85. The SMILES string of the molecule is CNC(=O)Nc1ccc(NC(=O)C(NC(=O)c2ccccc2Cl)C(C)C)cc1. The van der Waals surface area contributed by atoms with Gasteiger partial charge < -0.3 is 21.3 Å². The van der Waals surface area contributed by atoms with Crippen LogP contribution >= 0.6 is 11.6 Å². The summed E-state index contributed by atoms with van der Waals surface area (Å²) in [6, 6.07) is 12.2. The van der Waals surface area contributed by atoms with Crippen molar-refractivity contribution in [2.45, 2.75) is 19.9 Å². The summed E-state index contributed by atoms with van der Waals surface area (Å²) in [6.07, 6.45) is 0. The summed E-state index contributed by atoms with van der Waals surface area (Å²) in [5, 5.41) is 10.9. The average molecular weight is 403 g/mol. The normalized spacial score (nSPS) is 11.5. The maximum atomic E-state index is 12.7. The van der Waals surface area contributed by atoms with Crippen LogP contribution in [0.2, 0.25) is 5.02 Å². The van der Waals surface area contributed by atoms with E-state index in [9.17, 15) is 14.4 Å². The molecule has 1 atom stereocenters. The molecule has 0 radical (unpaired) electrons. The molecular weight excluding hydrogens is 380 g/mol. The summed E-state index contributed by atoms with van der Waals surface area (Å²) in [6.45, 7) is 3.68. The lowest BCUT2D eigenvalue weighted by molar-refractivity contribution is -0.118. The van der Waals surface area contributed by atoms with Gasteiger partial charge in [-0.2, -0.15) is 0 Å². The average Bonchev–Trinajstić information content (AvgIpc) is 2.67. The van der Waals surface area contributed by atoms with E-state index in [0.29, 0.717) is 22.0 Å². The predicted molar refractivity (Wildman–Crippen MR) is 111 cm³/mol. The van der Waals surface area contributed by atoms with Crippen molar-refractivity contribution in [2.24, 2.45) is 5.92 Å². The molecule has 4 amide bonds. The first kappa shape index (κ1) is 21.2. The molecule has 0 heterocycles. The topological polar surface area (TPSA) is 99.3 Å². The first-order valence-corrected chi connectivity index (χ1v) is 9.14. The van der Waals surface area contributed by atoms with Crippen LogP contribution in [0.25, 0.3) is 0 Å². The Kier molecular flexibility index (Phi) is 7.40. The maximum absolute atomic E-state index is 12.7. The number of hydrogen-bond acceptors (Lipinski definition) is 3. The fraction of sp³-hybridized carbons (Fsp3) is 0.250. The van der Waals surface area contributed by atoms with Crippen LogP contribution in [0.5, 0.6) is 0 Å². The van der Waals surface area contributed by atoms with Gasteiger partial charge in [0.1, 0.15) is 6.04 Å². The van der Waals surface area contributed by atoms with Crippen LogP contribution in [0.4, 0.5) is 16.2 Å². The monoisotopic (exact) mass is 402 g/mol. The number of carbonyl (C=O) groups is 3. The van der Waals surface area contributed by atoms with Crippen LogP contribution in [-0.2, 0) is 4.79 Å². The number of hydrogen-bond donors (Lipinski definition) is 4. The van der Waals surface area contributed by atoms with Crippen molar-refractivity contribution >= 4 is 40.8 Å². The minimum absolute atomic E-state index is 0.138. The highest BCUT2D eigenvalue weighted by Gasteiger charge is 2.25. The van der Waals surface area contributed by atoms with E-state index in [0.717, 1.165) is 0 Å². The van der Waals surface area contributed by atoms with E-state index >= 15 is 0 Å². The molecule has 0 spiro atoms. The highest BCUT2D eigenvalue weighted by Crippen LogP contribution is 2.17. The Morgan fingerprint density at radius 3 is 2.00 bits per heavy atom. The van der Waals surface area contributed by atoms with Crippen molar-refractivity contribution in [3.63, 3.8) is 0 Å². The number of anilines is 2. The Hall–Kier alpha value is -3.06. The first-order valence-electron chi connectivity index (χ1n) is 8.77. The van der Waals surface area contributed by atoms with Gasteiger partial charge in [-0.15, -0.1) is 0 Å². The Morgan fingerprint density at radius 2 is 1.46 bits per heavy atom. The lowest BCUT2D eigenvalue weighted by Gasteiger charge is -2.22. The summed E-state index contributed by atoms with van der Waals surface area (Å²) >= 11 is 6.06. The standard InChI is InChI=1S/C20H23ClN4O3/c1-12(2)17(25-18(26)15-6-4-5-7-16(15)21)19(27)23-13-8-10-14(11-9-13)24-20(28)22-3/h4-12,17H,1-3H3,(H,23,27)(H,25,26)(H2,22,24,28). The van der Waals surface area contributed by atoms with Gasteiger partial charge in [0, 0.05) is 18.4 Å². The van der Waals surface area contributed by atoms with Crippen molar-refractivity contribution in [1.29, 1.82) is 0 Å². The summed E-state index contributed by atoms with van der Waals surface area (Å²) in [5.41, 5.74) is 1.45. The lowest BCUT2D eigenvalue weighted by Crippen LogP contribution is -2.47. The molecule has 4 N–H and O–H groups in total. The maximum Gasteiger partial charge on any atom is 0.318 e. The second kappa shape index (κ2) is 9.75. The Balaban J connectivity index is 2.05. The van der Waals surface area contributed by atoms with Gasteiger partial charge in [-0.3, -0.25) is 9.59 Å². The number of carbonyl (C=O) groups excluding carboxylic acids is 3. The zero-order chi connectivity index (χ0) is 20.7. The van der Waals surface area contributed by atoms with Gasteiger partial charge in [0.2, 0.25) is 5.91 Å². The molecule has 0 saturated heterocycles. The van der Waals surface area contributed by atoms with E-state index in [1.165, 1.54) is 7.05 Å². The summed E-state index contributed by atoms with van der Waals surface area (Å²) < 4.78 is 0. The minimum Gasteiger partial charge on any atom is -0.341 e. The summed E-state index contributed by atoms with van der Waals surface area (Å²) in [4.78, 5) is 36.5. The molecule has 0 aliphatic rings. The van der Waals surface area contributed by atoms with Gasteiger partial charge in [-0.05, 0) is 42.3 Å². The number of halogens is 1. The van der Waals surface area contributed by atoms with Crippen LogP contribution in [0.3, 0.4) is 0 Å². The van der Waals surface area contributed by atoms with Crippen molar-refractivity contribution in [1.82, 2.24) is 10.6 Å². The molecule has 2 rings (SSSR count). The third kappa shape index (κ3) is 5.72. The molecule has 0 aliphatic heterocycles. The highest BCUT2D eigenvalue weighted by atomic mass is 35.5. The first-order chi connectivity index (χ1) is 13.3. The van der Waals surface area contributed by atoms with Gasteiger partial charge in [0.05, 0.1) is 10.6 Å². The molecule has 2 aromatic carbocycles. The molecule has 0 aliphatic carbocycles. The van der Waals surface area contributed by atoms with E-state index in [1.807, 2.05) is 13.8 Å². The second-order valence-electron chi connectivity index (χ2n) is 6.45. The predicted octanol–water partition coefficient (Wildman–Crippen LogP) is 3.48. The third-order valence-electron chi connectivity index (χ3n) is 3.99. The van der Waals surface area contributed by atoms with Crippen LogP contribution < -0.4 is 21.3 Å². The van der Waals surface area contributed by atoms with E-state index in [2.05, 4.69) is 21.3 Å². The molecule has 0 aromatic heterocycles. The smallest absolute Gasteiger partial charge is 0.318 e. The fourth-order valence-corrected chi connectivity index (χ4v) is 2.67. The van der Waals surface area contributed by atoms with E-state index < -0.39 is 11.9 Å². The van der Waals surface area contributed by atoms with Crippen molar-refractivity contribution in [3.05, 3.63) is 59.1 Å². The fourth-order valence-electron chi connectivity index (χ4n) is 2.45. The Bertz CT molecular complexity index is 853. The number of amides is 4. The summed E-state index contributed by atoms with van der Waals surface area (Å²) in [5.74, 6) is -0.896. The zero-order valence-corrected chi connectivity index (χ0v) is 16.6. The molecular formula is C20H23ClN4O3. The van der Waals surface area contributed by atoms with Crippen molar-refractivity contribution in [2.75, 3.05) is 17.7 Å². The van der Waals surface area contributed by atoms with E-state index in [4.69, 9.17) is 11.6 Å². The van der Waals surface area contributed by atoms with Crippen LogP contribution in [0.15, 0.2) is 48.5 Å². The highest BCUT2D eigenvalue weighted by molar-refractivity contribution is 6.33. The largest absolute Gasteiger partial charge is 0.341 e. The molecule has 1 unspecified atom stereocenters. The van der Waals surface area contributed by atoms with E-state index in [1.54, 1.807) is 48.5 Å². The number of urea groups is 1. The zero-order valence-electron chi connectivity index (χ0n) is 15.9. The summed E-state index contributed by atoms with van der Waals surface area (Å²) in [7, 11) is 1.52. The van der Waals surface area contributed by atoms with Crippen LogP contribution in [0.1, 0.15) is 24.2 Å². The number of rotatable bonds is 6. The minimum atomic E-state index is -0.743. The van der Waals surface area contributed by atoms with Crippen LogP contribution in [0, 0.1) is 5.92 Å². The van der Waals surface area contributed by atoms with Gasteiger partial charge in [0.25, 0.3) is 5.91 Å². The van der Waals surface area contributed by atoms with Gasteiger partial charge in [-0.25, -0.2) is 4.79 Å². The number of nitrogens with one attached hydrogen (secondary N) is 4. The van der Waals surface area contributed by atoms with Crippen molar-refractivity contribution < 1.29 is 14.4 Å². The molecule has 0 fully saturated rings. The molecule has 28 heavy (non-hydrogen) atoms. The van der Waals surface area contributed by atoms with E-state index in [-0.39, 0.29) is 17.9 Å². The van der Waals surface area contributed by atoms with Gasteiger partial charge in [0.15, 0.2) is 0 Å². The molecule has 2 aromatic rings. The van der Waals surface area contributed by atoms with Gasteiger partial charge >= 0.3 is 6.03 Å². The van der Waals surface area contributed by atoms with Crippen molar-refractivity contribution in [3.8, 4) is 0 Å². The molecule has 7 nitrogen and oxygen atoms in total. The Labute approximate surface area is 168 Å². The third-order valence-corrected chi connectivity index (χ3v) is 4.32. The van der Waals surface area contributed by atoms with Gasteiger partial charge in [-0.1, -0.05) is 37.6 Å². The molecule has 8 heteroatoms. The molecule has 0 saturated carbocycles. The lowest BCUT2D eigenvalue weighted by atomic mass is 10.0. The quantitative estimate of drug-likeness (QED) is 0.595. The number of benzene rings is 2.